The first-order valence-corrected chi connectivity index (χ1v) is 7.12. The van der Waals surface area contributed by atoms with Crippen LogP contribution in [0.4, 0.5) is 16.2 Å². The van der Waals surface area contributed by atoms with Crippen LogP contribution in [0.5, 0.6) is 0 Å². The van der Waals surface area contributed by atoms with Crippen LogP contribution in [-0.2, 0) is 0 Å². The Morgan fingerprint density at radius 2 is 1.38 bits per heavy atom. The normalized spacial score (nSPS) is 9.08. The minimum atomic E-state index is -0.833. The lowest BCUT2D eigenvalue weighted by atomic mass is 9.95. The summed E-state index contributed by atoms with van der Waals surface area (Å²) in [4.78, 5) is 11.1. The molecule has 0 bridgehead atoms. The molecule has 7 heteroatoms. The van der Waals surface area contributed by atoms with Crippen LogP contribution in [0.1, 0.15) is 11.1 Å². The minimum absolute atomic E-state index is 0.804. The molecule has 8 N–H and O–H groups in total. The van der Waals surface area contributed by atoms with Gasteiger partial charge in [0.25, 0.3) is 0 Å². The number of nitrogens with zero attached hydrogens (tertiary/aromatic N) is 1. The van der Waals surface area contributed by atoms with Gasteiger partial charge in [0.2, 0.25) is 0 Å². The summed E-state index contributed by atoms with van der Waals surface area (Å²) in [6.45, 7) is 4.35. The molecule has 0 aliphatic carbocycles. The van der Waals surface area contributed by atoms with Crippen molar-refractivity contribution in [2.45, 2.75) is 13.8 Å². The predicted octanol–water partition coefficient (Wildman–Crippen LogP) is 2.66. The van der Waals surface area contributed by atoms with Gasteiger partial charge < -0.3 is 22.1 Å². The van der Waals surface area contributed by atoms with Crippen LogP contribution in [0.25, 0.3) is 11.1 Å². The van der Waals surface area contributed by atoms with Crippen LogP contribution in [0.15, 0.2) is 36.4 Å². The van der Waals surface area contributed by atoms with Gasteiger partial charge in [-0.2, -0.15) is 0 Å². The van der Waals surface area contributed by atoms with Crippen molar-refractivity contribution < 1.29 is 15.3 Å². The van der Waals surface area contributed by atoms with Gasteiger partial charge in [0.15, 0.2) is 0 Å². The maximum absolute atomic E-state index is 9.00. The number of nitrogen functional groups attached to an aromatic ring is 1. The Bertz CT molecular complexity index is 652. The van der Waals surface area contributed by atoms with Crippen LogP contribution < -0.4 is 22.1 Å². The number of urea groups is 1. The number of nitrogens with two attached hydrogens (primary N) is 3. The largest absolute Gasteiger partial charge is 0.399 e. The van der Waals surface area contributed by atoms with E-state index in [1.54, 1.807) is 0 Å². The third-order valence-electron chi connectivity index (χ3n) is 3.46. The first-order chi connectivity index (χ1) is 11.2. The van der Waals surface area contributed by atoms with Gasteiger partial charge in [-0.25, -0.2) is 4.79 Å². The summed E-state index contributed by atoms with van der Waals surface area (Å²) in [7, 11) is 4.15. The van der Waals surface area contributed by atoms with Gasteiger partial charge >= 0.3 is 6.03 Å². The molecule has 0 aromatic heterocycles. The number of hydrogen-bond acceptors (Lipinski definition) is 5. The molecule has 0 saturated heterocycles. The van der Waals surface area contributed by atoms with E-state index in [0.717, 1.165) is 5.69 Å². The van der Waals surface area contributed by atoms with E-state index in [2.05, 4.69) is 68.6 Å². The van der Waals surface area contributed by atoms with Crippen LogP contribution in [0.2, 0.25) is 0 Å². The molecular weight excluding hydrogens is 308 g/mol. The first-order valence-electron chi connectivity index (χ1n) is 7.12. The molecule has 24 heavy (non-hydrogen) atoms. The van der Waals surface area contributed by atoms with Gasteiger partial charge in [-0.05, 0) is 54.3 Å². The lowest BCUT2D eigenvalue weighted by Crippen LogP contribution is -2.18. The molecule has 2 aromatic rings. The van der Waals surface area contributed by atoms with Crippen LogP contribution >= 0.6 is 0 Å². The van der Waals surface area contributed by atoms with Crippen LogP contribution in [0.3, 0.4) is 0 Å². The average molecular weight is 334 g/mol. The Hall–Kier alpha value is -2.77. The highest BCUT2D eigenvalue weighted by atomic mass is 17.0. The molecule has 0 fully saturated rings. The van der Waals surface area contributed by atoms with Crippen molar-refractivity contribution in [3.63, 3.8) is 0 Å². The topological polar surface area (TPSA) is 139 Å². The van der Waals surface area contributed by atoms with Crippen LogP contribution in [0, 0.1) is 13.8 Å². The van der Waals surface area contributed by atoms with E-state index in [4.69, 9.17) is 21.0 Å². The van der Waals surface area contributed by atoms with E-state index < -0.39 is 6.03 Å². The zero-order chi connectivity index (χ0) is 18.9. The molecule has 0 aliphatic rings. The van der Waals surface area contributed by atoms with E-state index in [-0.39, 0.29) is 0 Å². The van der Waals surface area contributed by atoms with E-state index in [0.29, 0.717) is 0 Å². The fraction of sp³-hybridized carbons (Fsp3) is 0.235. The number of rotatable bonds is 2. The number of carbonyl (C=O) groups is 1. The Kier molecular flexibility index (Phi) is 8.92. The molecule has 0 spiro atoms. The first kappa shape index (κ1) is 21.2. The molecule has 0 aliphatic heterocycles. The van der Waals surface area contributed by atoms with Crippen molar-refractivity contribution in [1.82, 2.24) is 0 Å². The summed E-state index contributed by atoms with van der Waals surface area (Å²) in [5, 5.41) is 12.0. The summed E-state index contributed by atoms with van der Waals surface area (Å²) in [6.07, 6.45) is 0. The van der Waals surface area contributed by atoms with Gasteiger partial charge in [-0.15, -0.1) is 0 Å². The number of carbonyl (C=O) groups excluding carboxylic acids is 1. The van der Waals surface area contributed by atoms with Crippen molar-refractivity contribution >= 4 is 17.4 Å². The quantitative estimate of drug-likeness (QED) is 0.326. The zero-order valence-corrected chi connectivity index (χ0v) is 14.4. The second-order valence-corrected chi connectivity index (χ2v) is 5.30. The highest BCUT2D eigenvalue weighted by Crippen LogP contribution is 2.31. The van der Waals surface area contributed by atoms with Crippen molar-refractivity contribution in [1.29, 1.82) is 0 Å². The zero-order valence-electron chi connectivity index (χ0n) is 14.4. The van der Waals surface area contributed by atoms with Crippen molar-refractivity contribution in [3.8, 4) is 11.1 Å². The van der Waals surface area contributed by atoms with Gasteiger partial charge in [0.1, 0.15) is 0 Å². The van der Waals surface area contributed by atoms with Gasteiger partial charge in [-0.1, -0.05) is 18.2 Å². The third-order valence-corrected chi connectivity index (χ3v) is 3.46. The Morgan fingerprint density at radius 3 is 1.79 bits per heavy atom. The molecule has 132 valence electrons. The molecule has 0 radical (unpaired) electrons. The van der Waals surface area contributed by atoms with Gasteiger partial charge in [0.05, 0.1) is 0 Å². The number of anilines is 2. The third kappa shape index (κ3) is 6.15. The second-order valence-electron chi connectivity index (χ2n) is 5.30. The predicted molar refractivity (Wildman–Crippen MR) is 99.1 cm³/mol. The Labute approximate surface area is 142 Å². The fourth-order valence-corrected chi connectivity index (χ4v) is 2.27. The molecule has 0 unspecified atom stereocenters. The minimum Gasteiger partial charge on any atom is -0.399 e. The SMILES string of the molecule is Cc1c(-c2ccc(N)cc2)ccc(N(C)C)c1C.NC(N)=O.OO. The Morgan fingerprint density at radius 1 is 0.917 bits per heavy atom. The molecule has 0 heterocycles. The molecule has 0 atom stereocenters. The molecule has 2 amide bonds. The smallest absolute Gasteiger partial charge is 0.309 e. The van der Waals surface area contributed by atoms with E-state index in [1.807, 2.05) is 12.1 Å². The molecular formula is C17H26N4O3. The molecule has 2 aromatic carbocycles. The monoisotopic (exact) mass is 334 g/mol. The lowest BCUT2D eigenvalue weighted by Gasteiger charge is -2.19. The number of hydrogen-bond donors (Lipinski definition) is 5. The molecule has 7 nitrogen and oxygen atoms in total. The molecule has 2 rings (SSSR count). The van der Waals surface area contributed by atoms with E-state index >= 15 is 0 Å². The average Bonchev–Trinajstić information content (AvgIpc) is 2.52. The Balaban J connectivity index is 0.000000773. The number of amides is 2. The second kappa shape index (κ2) is 10.1. The van der Waals surface area contributed by atoms with Crippen molar-refractivity contribution in [2.75, 3.05) is 24.7 Å². The van der Waals surface area contributed by atoms with E-state index in [1.165, 1.54) is 27.9 Å². The van der Waals surface area contributed by atoms with Crippen molar-refractivity contribution in [3.05, 3.63) is 47.5 Å². The van der Waals surface area contributed by atoms with Gasteiger partial charge in [-0.3, -0.25) is 10.5 Å². The maximum atomic E-state index is 9.00. The van der Waals surface area contributed by atoms with Gasteiger partial charge in [0, 0.05) is 25.5 Å². The number of primary amides is 2. The maximum Gasteiger partial charge on any atom is 0.309 e. The summed E-state index contributed by atoms with van der Waals surface area (Å²) < 4.78 is 0. The lowest BCUT2D eigenvalue weighted by molar-refractivity contribution is -0.176. The summed E-state index contributed by atoms with van der Waals surface area (Å²) in [6, 6.07) is 11.6. The summed E-state index contributed by atoms with van der Waals surface area (Å²) in [5.41, 5.74) is 21.5. The summed E-state index contributed by atoms with van der Waals surface area (Å²) >= 11 is 0. The number of benzene rings is 2. The summed E-state index contributed by atoms with van der Waals surface area (Å²) in [5.74, 6) is 0. The standard InChI is InChI=1S/C16H20N2.CH4N2O.H2O2/c1-11-12(2)16(18(3)4)10-9-15(11)13-5-7-14(17)8-6-13;2-1(3)4;1-2/h5-10H,17H2,1-4H3;(H4,2,3,4);1-2H. The van der Waals surface area contributed by atoms with Crippen LogP contribution in [-0.4, -0.2) is 30.6 Å². The highest BCUT2D eigenvalue weighted by Gasteiger charge is 2.09. The van der Waals surface area contributed by atoms with E-state index in [9.17, 15) is 0 Å². The highest BCUT2D eigenvalue weighted by molar-refractivity contribution is 5.74. The molecule has 0 saturated carbocycles. The fourth-order valence-electron chi connectivity index (χ4n) is 2.27. The van der Waals surface area contributed by atoms with Crippen molar-refractivity contribution in [2.24, 2.45) is 11.5 Å².